The number of nitrogens with zero attached hydrogens (tertiary/aromatic N) is 1. The lowest BCUT2D eigenvalue weighted by Gasteiger charge is -2.18. The molecule has 1 saturated heterocycles. The van der Waals surface area contributed by atoms with Gasteiger partial charge in [-0.15, -0.1) is 0 Å². The lowest BCUT2D eigenvalue weighted by atomic mass is 10.1. The van der Waals surface area contributed by atoms with Crippen molar-refractivity contribution in [1.29, 1.82) is 0 Å². The van der Waals surface area contributed by atoms with Gasteiger partial charge in [-0.1, -0.05) is 0 Å². The molecule has 3 N–H and O–H groups in total. The Kier molecular flexibility index (Phi) is 4.12. The fourth-order valence-electron chi connectivity index (χ4n) is 2.41. The summed E-state index contributed by atoms with van der Waals surface area (Å²) >= 11 is 0. The van der Waals surface area contributed by atoms with Crippen molar-refractivity contribution in [3.8, 4) is 5.75 Å². The van der Waals surface area contributed by atoms with Gasteiger partial charge < -0.3 is 20.7 Å². The number of nitrogen functional groups attached to an aromatic ring is 1. The predicted octanol–water partition coefficient (Wildman–Crippen LogP) is 0.628. The van der Waals surface area contributed by atoms with E-state index in [-0.39, 0.29) is 17.9 Å². The molecule has 0 bridgehead atoms. The molecule has 2 rings (SSSR count). The highest BCUT2D eigenvalue weighted by atomic mass is 16.5. The van der Waals surface area contributed by atoms with E-state index >= 15 is 0 Å². The minimum Gasteiger partial charge on any atom is -0.496 e. The number of hydrogen-bond acceptors (Lipinski definition) is 4. The lowest BCUT2D eigenvalue weighted by molar-refractivity contribution is -0.119. The van der Waals surface area contributed by atoms with Gasteiger partial charge in [0.2, 0.25) is 5.91 Å². The summed E-state index contributed by atoms with van der Waals surface area (Å²) in [5.74, 6) is 0.306. The van der Waals surface area contributed by atoms with Crippen molar-refractivity contribution in [3.63, 3.8) is 0 Å². The van der Waals surface area contributed by atoms with E-state index in [0.717, 1.165) is 6.42 Å². The Hall–Kier alpha value is -2.24. The number of anilines is 1. The highest BCUT2D eigenvalue weighted by molar-refractivity contribution is 5.98. The number of hydrogen-bond donors (Lipinski definition) is 2. The van der Waals surface area contributed by atoms with E-state index in [1.807, 2.05) is 0 Å². The van der Waals surface area contributed by atoms with Crippen LogP contribution >= 0.6 is 0 Å². The first-order valence-electron chi connectivity index (χ1n) is 6.51. The van der Waals surface area contributed by atoms with E-state index in [2.05, 4.69) is 5.32 Å². The molecule has 1 aromatic carbocycles. The molecule has 1 fully saturated rings. The second kappa shape index (κ2) is 5.81. The quantitative estimate of drug-likeness (QED) is 0.794. The molecule has 1 atom stereocenters. The van der Waals surface area contributed by atoms with Crippen molar-refractivity contribution in [2.45, 2.75) is 19.4 Å². The van der Waals surface area contributed by atoms with Gasteiger partial charge in [0.25, 0.3) is 5.91 Å². The van der Waals surface area contributed by atoms with Crippen LogP contribution in [-0.2, 0) is 4.79 Å². The number of amides is 2. The Bertz CT molecular complexity index is 530. The number of benzene rings is 1. The lowest BCUT2D eigenvalue weighted by Crippen LogP contribution is -2.37. The molecule has 1 heterocycles. The van der Waals surface area contributed by atoms with Crippen molar-refractivity contribution in [3.05, 3.63) is 23.8 Å². The van der Waals surface area contributed by atoms with Crippen LogP contribution in [0.3, 0.4) is 0 Å². The van der Waals surface area contributed by atoms with Gasteiger partial charge in [0.1, 0.15) is 5.75 Å². The number of methoxy groups -OCH3 is 1. The van der Waals surface area contributed by atoms with E-state index in [1.54, 1.807) is 23.1 Å². The molecule has 1 unspecified atom stereocenters. The second-order valence-corrected chi connectivity index (χ2v) is 4.90. The number of carbonyl (C=O) groups is 2. The van der Waals surface area contributed by atoms with E-state index in [4.69, 9.17) is 10.5 Å². The summed E-state index contributed by atoms with van der Waals surface area (Å²) in [6.07, 6.45) is 0.760. The Morgan fingerprint density at radius 2 is 2.20 bits per heavy atom. The van der Waals surface area contributed by atoms with E-state index in [0.29, 0.717) is 30.1 Å². The van der Waals surface area contributed by atoms with Gasteiger partial charge in [-0.3, -0.25) is 9.59 Å². The molecule has 0 saturated carbocycles. The third-order valence-corrected chi connectivity index (χ3v) is 3.34. The first-order chi connectivity index (χ1) is 9.51. The monoisotopic (exact) mass is 277 g/mol. The van der Waals surface area contributed by atoms with Crippen LogP contribution in [0.1, 0.15) is 23.7 Å². The number of carbonyl (C=O) groups excluding carboxylic acids is 2. The van der Waals surface area contributed by atoms with Gasteiger partial charge in [-0.25, -0.2) is 0 Å². The van der Waals surface area contributed by atoms with Crippen LogP contribution in [0, 0.1) is 0 Å². The van der Waals surface area contributed by atoms with Crippen LogP contribution in [0.2, 0.25) is 0 Å². The van der Waals surface area contributed by atoms with Gasteiger partial charge in [0.15, 0.2) is 0 Å². The summed E-state index contributed by atoms with van der Waals surface area (Å²) in [7, 11) is 1.52. The normalized spacial score (nSPS) is 17.9. The molecular weight excluding hydrogens is 258 g/mol. The fraction of sp³-hybridized carbons (Fsp3) is 0.429. The zero-order chi connectivity index (χ0) is 14.7. The molecule has 108 valence electrons. The van der Waals surface area contributed by atoms with E-state index in [1.165, 1.54) is 14.0 Å². The average molecular weight is 277 g/mol. The fourth-order valence-corrected chi connectivity index (χ4v) is 2.41. The van der Waals surface area contributed by atoms with Gasteiger partial charge in [0.05, 0.1) is 12.7 Å². The zero-order valence-corrected chi connectivity index (χ0v) is 11.7. The van der Waals surface area contributed by atoms with Crippen molar-refractivity contribution in [2.75, 3.05) is 25.9 Å². The van der Waals surface area contributed by atoms with Crippen LogP contribution < -0.4 is 15.8 Å². The molecule has 0 radical (unpaired) electrons. The molecule has 20 heavy (non-hydrogen) atoms. The molecule has 1 aliphatic rings. The summed E-state index contributed by atoms with van der Waals surface area (Å²) in [6, 6.07) is 5.01. The van der Waals surface area contributed by atoms with Crippen LogP contribution in [0.4, 0.5) is 5.69 Å². The minimum atomic E-state index is -0.123. The molecule has 0 aromatic heterocycles. The average Bonchev–Trinajstić information content (AvgIpc) is 2.85. The highest BCUT2D eigenvalue weighted by Gasteiger charge is 2.28. The third-order valence-electron chi connectivity index (χ3n) is 3.34. The number of nitrogens with two attached hydrogens (primary N) is 1. The molecule has 2 amide bonds. The van der Waals surface area contributed by atoms with Crippen LogP contribution in [-0.4, -0.2) is 43.0 Å². The number of nitrogens with one attached hydrogen (secondary N) is 1. The largest absolute Gasteiger partial charge is 0.496 e. The summed E-state index contributed by atoms with van der Waals surface area (Å²) in [5.41, 5.74) is 6.70. The maximum absolute atomic E-state index is 12.5. The smallest absolute Gasteiger partial charge is 0.257 e. The predicted molar refractivity (Wildman–Crippen MR) is 75.5 cm³/mol. The number of rotatable bonds is 3. The van der Waals surface area contributed by atoms with Crippen molar-refractivity contribution < 1.29 is 14.3 Å². The molecule has 6 nitrogen and oxygen atoms in total. The minimum absolute atomic E-state index is 0.0171. The first-order valence-corrected chi connectivity index (χ1v) is 6.51. The Balaban J connectivity index is 2.12. The maximum atomic E-state index is 12.5. The van der Waals surface area contributed by atoms with Gasteiger partial charge in [0, 0.05) is 31.7 Å². The van der Waals surface area contributed by atoms with Gasteiger partial charge in [-0.05, 0) is 24.6 Å². The Morgan fingerprint density at radius 1 is 1.45 bits per heavy atom. The maximum Gasteiger partial charge on any atom is 0.257 e. The van der Waals surface area contributed by atoms with Crippen molar-refractivity contribution in [2.24, 2.45) is 0 Å². The Morgan fingerprint density at radius 3 is 2.85 bits per heavy atom. The second-order valence-electron chi connectivity index (χ2n) is 4.90. The molecule has 6 heteroatoms. The standard InChI is InChI=1S/C14H19N3O3/c1-9(18)16-11-5-6-17(8-11)14(19)12-7-10(15)3-4-13(12)20-2/h3-4,7,11H,5-6,8,15H2,1-2H3,(H,16,18). The van der Waals surface area contributed by atoms with E-state index in [9.17, 15) is 9.59 Å². The molecular formula is C14H19N3O3. The summed E-state index contributed by atoms with van der Waals surface area (Å²) in [6.45, 7) is 2.60. The van der Waals surface area contributed by atoms with Gasteiger partial charge >= 0.3 is 0 Å². The van der Waals surface area contributed by atoms with Crippen molar-refractivity contribution >= 4 is 17.5 Å². The highest BCUT2D eigenvalue weighted by Crippen LogP contribution is 2.24. The van der Waals surface area contributed by atoms with E-state index < -0.39 is 0 Å². The van der Waals surface area contributed by atoms with Gasteiger partial charge in [-0.2, -0.15) is 0 Å². The summed E-state index contributed by atoms with van der Waals surface area (Å²) in [5, 5.41) is 2.83. The molecule has 1 aliphatic heterocycles. The zero-order valence-electron chi connectivity index (χ0n) is 11.7. The molecule has 0 spiro atoms. The van der Waals surface area contributed by atoms with Crippen LogP contribution in [0.15, 0.2) is 18.2 Å². The molecule has 1 aromatic rings. The van der Waals surface area contributed by atoms with Crippen LogP contribution in [0.5, 0.6) is 5.75 Å². The van der Waals surface area contributed by atoms with Crippen LogP contribution in [0.25, 0.3) is 0 Å². The number of ether oxygens (including phenoxy) is 1. The SMILES string of the molecule is COc1ccc(N)cc1C(=O)N1CCC(NC(C)=O)C1. The van der Waals surface area contributed by atoms with Crippen molar-refractivity contribution in [1.82, 2.24) is 10.2 Å². The third kappa shape index (κ3) is 3.01. The first kappa shape index (κ1) is 14.2. The topological polar surface area (TPSA) is 84.7 Å². The Labute approximate surface area is 117 Å². The summed E-state index contributed by atoms with van der Waals surface area (Å²) < 4.78 is 5.20. The summed E-state index contributed by atoms with van der Waals surface area (Å²) in [4.78, 5) is 25.2. The number of likely N-dealkylation sites (tertiary alicyclic amines) is 1. The molecule has 0 aliphatic carbocycles.